The minimum atomic E-state index is -0.0150. The van der Waals surface area contributed by atoms with Crippen LogP contribution in [0.5, 0.6) is 11.6 Å². The quantitative estimate of drug-likeness (QED) is 0.732. The van der Waals surface area contributed by atoms with E-state index in [0.717, 1.165) is 21.9 Å². The van der Waals surface area contributed by atoms with E-state index in [1.165, 1.54) is 13.1 Å². The predicted octanol–water partition coefficient (Wildman–Crippen LogP) is 5.16. The minimum absolute atomic E-state index is 0.0150. The van der Waals surface area contributed by atoms with Crippen molar-refractivity contribution in [3.63, 3.8) is 0 Å². The Morgan fingerprint density at radius 2 is 2.00 bits per heavy atom. The Bertz CT molecular complexity index is 663. The second kappa shape index (κ2) is 6.27. The summed E-state index contributed by atoms with van der Waals surface area (Å²) in [4.78, 5) is 15.4. The molecule has 0 amide bonds. The molecular formula is C17H18ClNO2. The monoisotopic (exact) mass is 303 g/mol. The molecule has 0 aliphatic rings. The fourth-order valence-corrected chi connectivity index (χ4v) is 2.42. The molecular weight excluding hydrogens is 286 g/mol. The second-order valence-electron chi connectivity index (χ2n) is 5.34. The first kappa shape index (κ1) is 15.5. The molecule has 1 aromatic heterocycles. The lowest BCUT2D eigenvalue weighted by Crippen LogP contribution is -1.97. The average molecular weight is 304 g/mol. The number of benzene rings is 1. The SMILES string of the molecule is CC(=O)c1ccc(Oc2cc(C(C)C)c(Cl)cc2C)nc1. The number of Topliss-reactive ketones (excluding diaryl/α,β-unsaturated/α-hetero) is 1. The zero-order valence-corrected chi connectivity index (χ0v) is 13.4. The Morgan fingerprint density at radius 3 is 2.52 bits per heavy atom. The normalized spacial score (nSPS) is 10.8. The van der Waals surface area contributed by atoms with Crippen molar-refractivity contribution in [3.8, 4) is 11.6 Å². The summed E-state index contributed by atoms with van der Waals surface area (Å²) in [7, 11) is 0. The molecule has 0 fully saturated rings. The molecule has 0 atom stereocenters. The van der Waals surface area contributed by atoms with Gasteiger partial charge in [0, 0.05) is 22.8 Å². The number of hydrogen-bond donors (Lipinski definition) is 0. The van der Waals surface area contributed by atoms with E-state index >= 15 is 0 Å². The van der Waals surface area contributed by atoms with Crippen LogP contribution >= 0.6 is 11.6 Å². The van der Waals surface area contributed by atoms with Crippen molar-refractivity contribution in [2.75, 3.05) is 0 Å². The van der Waals surface area contributed by atoms with Gasteiger partial charge in [0.15, 0.2) is 5.78 Å². The van der Waals surface area contributed by atoms with Gasteiger partial charge in [-0.3, -0.25) is 4.79 Å². The number of hydrogen-bond acceptors (Lipinski definition) is 3. The zero-order chi connectivity index (χ0) is 15.6. The molecule has 0 aliphatic carbocycles. The van der Waals surface area contributed by atoms with E-state index in [2.05, 4.69) is 18.8 Å². The van der Waals surface area contributed by atoms with Crippen LogP contribution in [0.25, 0.3) is 0 Å². The molecule has 0 saturated carbocycles. The van der Waals surface area contributed by atoms with Crippen LogP contribution in [0.4, 0.5) is 0 Å². The Balaban J connectivity index is 2.30. The molecule has 1 heterocycles. The standard InChI is InChI=1S/C17H18ClNO2/c1-10(2)14-8-16(11(3)7-15(14)18)21-17-6-5-13(9-19-17)12(4)20/h5-10H,1-4H3. The molecule has 3 nitrogen and oxygen atoms in total. The highest BCUT2D eigenvalue weighted by molar-refractivity contribution is 6.31. The van der Waals surface area contributed by atoms with Crippen LogP contribution in [0.15, 0.2) is 30.5 Å². The molecule has 0 aliphatic heterocycles. The molecule has 0 unspecified atom stereocenters. The van der Waals surface area contributed by atoms with Crippen molar-refractivity contribution in [1.82, 2.24) is 4.98 Å². The topological polar surface area (TPSA) is 39.2 Å². The highest BCUT2D eigenvalue weighted by atomic mass is 35.5. The number of pyridine rings is 1. The van der Waals surface area contributed by atoms with Crippen molar-refractivity contribution in [3.05, 3.63) is 52.2 Å². The molecule has 1 aromatic carbocycles. The summed E-state index contributed by atoms with van der Waals surface area (Å²) in [6.07, 6.45) is 1.52. The summed E-state index contributed by atoms with van der Waals surface area (Å²) in [6.45, 7) is 7.62. The molecule has 2 rings (SSSR count). The molecule has 0 N–H and O–H groups in total. The Hall–Kier alpha value is -1.87. The summed E-state index contributed by atoms with van der Waals surface area (Å²) in [5.74, 6) is 1.48. The van der Waals surface area contributed by atoms with Gasteiger partial charge in [-0.25, -0.2) is 4.98 Å². The van der Waals surface area contributed by atoms with Gasteiger partial charge in [0.25, 0.3) is 0 Å². The van der Waals surface area contributed by atoms with Crippen molar-refractivity contribution < 1.29 is 9.53 Å². The maximum Gasteiger partial charge on any atom is 0.219 e. The Morgan fingerprint density at radius 1 is 1.29 bits per heavy atom. The van der Waals surface area contributed by atoms with Crippen molar-refractivity contribution in [2.24, 2.45) is 0 Å². The predicted molar refractivity (Wildman–Crippen MR) is 84.6 cm³/mol. The number of halogens is 1. The van der Waals surface area contributed by atoms with Gasteiger partial charge in [0.05, 0.1) is 0 Å². The minimum Gasteiger partial charge on any atom is -0.439 e. The molecule has 0 saturated heterocycles. The van der Waals surface area contributed by atoms with E-state index in [1.807, 2.05) is 19.1 Å². The number of aryl methyl sites for hydroxylation is 1. The van der Waals surface area contributed by atoms with Gasteiger partial charge < -0.3 is 4.74 Å². The van der Waals surface area contributed by atoms with Gasteiger partial charge in [0.2, 0.25) is 5.88 Å². The third kappa shape index (κ3) is 3.61. The van der Waals surface area contributed by atoms with Crippen LogP contribution in [0, 0.1) is 6.92 Å². The van der Waals surface area contributed by atoms with Crippen LogP contribution in [-0.4, -0.2) is 10.8 Å². The lowest BCUT2D eigenvalue weighted by atomic mass is 10.0. The number of nitrogens with zero attached hydrogens (tertiary/aromatic N) is 1. The average Bonchev–Trinajstić information content (AvgIpc) is 2.42. The van der Waals surface area contributed by atoms with Gasteiger partial charge in [-0.05, 0) is 49.1 Å². The highest BCUT2D eigenvalue weighted by Crippen LogP contribution is 2.33. The zero-order valence-electron chi connectivity index (χ0n) is 12.6. The van der Waals surface area contributed by atoms with E-state index in [-0.39, 0.29) is 5.78 Å². The first-order valence-corrected chi connectivity index (χ1v) is 7.21. The maximum absolute atomic E-state index is 11.2. The number of aromatic nitrogens is 1. The van der Waals surface area contributed by atoms with Crippen molar-refractivity contribution in [1.29, 1.82) is 0 Å². The van der Waals surface area contributed by atoms with Crippen LogP contribution in [-0.2, 0) is 0 Å². The van der Waals surface area contributed by atoms with Crippen molar-refractivity contribution in [2.45, 2.75) is 33.6 Å². The number of rotatable bonds is 4. The Labute approximate surface area is 129 Å². The number of carbonyl (C=O) groups excluding carboxylic acids is 1. The molecule has 21 heavy (non-hydrogen) atoms. The van der Waals surface area contributed by atoms with Crippen LogP contribution < -0.4 is 4.74 Å². The summed E-state index contributed by atoms with van der Waals surface area (Å²) in [6, 6.07) is 7.25. The third-order valence-electron chi connectivity index (χ3n) is 3.27. The van der Waals surface area contributed by atoms with Gasteiger partial charge in [-0.1, -0.05) is 25.4 Å². The highest BCUT2D eigenvalue weighted by Gasteiger charge is 2.11. The fourth-order valence-electron chi connectivity index (χ4n) is 1.98. The van der Waals surface area contributed by atoms with Gasteiger partial charge in [-0.2, -0.15) is 0 Å². The summed E-state index contributed by atoms with van der Waals surface area (Å²) in [5.41, 5.74) is 2.55. The van der Waals surface area contributed by atoms with Crippen LogP contribution in [0.3, 0.4) is 0 Å². The smallest absolute Gasteiger partial charge is 0.219 e. The molecule has 110 valence electrons. The first-order valence-electron chi connectivity index (χ1n) is 6.83. The van der Waals surface area contributed by atoms with E-state index in [1.54, 1.807) is 12.1 Å². The second-order valence-corrected chi connectivity index (χ2v) is 5.74. The summed E-state index contributed by atoms with van der Waals surface area (Å²) < 4.78 is 5.81. The third-order valence-corrected chi connectivity index (χ3v) is 3.60. The van der Waals surface area contributed by atoms with E-state index in [9.17, 15) is 4.79 Å². The molecule has 4 heteroatoms. The van der Waals surface area contributed by atoms with E-state index in [0.29, 0.717) is 17.4 Å². The fraction of sp³-hybridized carbons (Fsp3) is 0.294. The summed E-state index contributed by atoms with van der Waals surface area (Å²) in [5, 5.41) is 0.745. The maximum atomic E-state index is 11.2. The molecule has 0 spiro atoms. The lowest BCUT2D eigenvalue weighted by molar-refractivity contribution is 0.101. The summed E-state index contributed by atoms with van der Waals surface area (Å²) >= 11 is 6.25. The van der Waals surface area contributed by atoms with E-state index in [4.69, 9.17) is 16.3 Å². The molecule has 0 bridgehead atoms. The number of carbonyl (C=O) groups is 1. The van der Waals surface area contributed by atoms with Crippen LogP contribution in [0.1, 0.15) is 48.2 Å². The van der Waals surface area contributed by atoms with Gasteiger partial charge in [0.1, 0.15) is 5.75 Å². The van der Waals surface area contributed by atoms with Crippen molar-refractivity contribution >= 4 is 17.4 Å². The van der Waals surface area contributed by atoms with Gasteiger partial charge >= 0.3 is 0 Å². The molecule has 2 aromatic rings. The van der Waals surface area contributed by atoms with E-state index < -0.39 is 0 Å². The molecule has 0 radical (unpaired) electrons. The Kier molecular flexibility index (Phi) is 4.63. The number of ketones is 1. The van der Waals surface area contributed by atoms with Gasteiger partial charge in [-0.15, -0.1) is 0 Å². The van der Waals surface area contributed by atoms with Crippen LogP contribution in [0.2, 0.25) is 5.02 Å². The lowest BCUT2D eigenvalue weighted by Gasteiger charge is -2.14. The first-order chi connectivity index (χ1) is 9.88. The number of ether oxygens (including phenoxy) is 1. The largest absolute Gasteiger partial charge is 0.439 e.